The van der Waals surface area contributed by atoms with Crippen molar-refractivity contribution in [2.24, 2.45) is 5.92 Å². The van der Waals surface area contributed by atoms with Crippen LogP contribution in [0.4, 0.5) is 0 Å². The number of methoxy groups -OCH3 is 2. The fourth-order valence-electron chi connectivity index (χ4n) is 1.22. The second-order valence-electron chi connectivity index (χ2n) is 3.20. The molecule has 16 heavy (non-hydrogen) atoms. The van der Waals surface area contributed by atoms with Gasteiger partial charge in [-0.05, 0) is 12.8 Å². The molecule has 0 aromatic carbocycles. The number of ether oxygens (including phenoxy) is 2. The molecule has 0 fully saturated rings. The Balaban J connectivity index is 4.15. The van der Waals surface area contributed by atoms with Crippen molar-refractivity contribution in [1.29, 1.82) is 0 Å². The average molecular weight is 293 g/mol. The van der Waals surface area contributed by atoms with E-state index in [2.05, 4.69) is 25.4 Å². The van der Waals surface area contributed by atoms with Gasteiger partial charge in [-0.15, -0.1) is 0 Å². The molecule has 4 nitrogen and oxygen atoms in total. The largest absolute Gasteiger partial charge is 0.469 e. The summed E-state index contributed by atoms with van der Waals surface area (Å²) in [7, 11) is 2.68. The normalized spacial score (nSPS) is 12.4. The van der Waals surface area contributed by atoms with Crippen LogP contribution in [0, 0.1) is 5.92 Å². The highest BCUT2D eigenvalue weighted by atomic mass is 79.9. The van der Waals surface area contributed by atoms with Crippen LogP contribution in [0.15, 0.2) is 12.2 Å². The van der Waals surface area contributed by atoms with Crippen LogP contribution in [0.25, 0.3) is 0 Å². The third-order valence-electron chi connectivity index (χ3n) is 2.14. The first-order chi connectivity index (χ1) is 7.65. The highest BCUT2D eigenvalue weighted by molar-refractivity contribution is 9.09. The van der Waals surface area contributed by atoms with Crippen LogP contribution in [-0.2, 0) is 19.1 Å². The van der Waals surface area contributed by atoms with Gasteiger partial charge < -0.3 is 9.47 Å². The van der Waals surface area contributed by atoms with Gasteiger partial charge in [0.15, 0.2) is 0 Å². The molecule has 0 aliphatic rings. The molecule has 5 heteroatoms. The summed E-state index contributed by atoms with van der Waals surface area (Å²) in [6.07, 6.45) is 5.07. The van der Waals surface area contributed by atoms with E-state index >= 15 is 0 Å². The molecular formula is C11H17BrO4. The van der Waals surface area contributed by atoms with Gasteiger partial charge in [-0.2, -0.15) is 0 Å². The summed E-state index contributed by atoms with van der Waals surface area (Å²) in [4.78, 5) is 22.3. The quantitative estimate of drug-likeness (QED) is 0.409. The van der Waals surface area contributed by atoms with E-state index in [1.165, 1.54) is 14.2 Å². The van der Waals surface area contributed by atoms with E-state index in [0.717, 1.165) is 5.33 Å². The molecule has 0 aromatic rings. The molecule has 0 saturated carbocycles. The lowest BCUT2D eigenvalue weighted by molar-refractivity contribution is -0.146. The van der Waals surface area contributed by atoms with Crippen LogP contribution in [0.3, 0.4) is 0 Å². The molecule has 0 amide bonds. The van der Waals surface area contributed by atoms with Crippen molar-refractivity contribution in [1.82, 2.24) is 0 Å². The fourth-order valence-corrected chi connectivity index (χ4v) is 1.48. The number of hydrogen-bond acceptors (Lipinski definition) is 4. The van der Waals surface area contributed by atoms with Crippen molar-refractivity contribution in [3.05, 3.63) is 12.2 Å². The van der Waals surface area contributed by atoms with E-state index in [9.17, 15) is 9.59 Å². The first-order valence-corrected chi connectivity index (χ1v) is 6.13. The Morgan fingerprint density at radius 3 is 2.44 bits per heavy atom. The highest BCUT2D eigenvalue weighted by Gasteiger charge is 2.19. The minimum atomic E-state index is -0.307. The molecule has 0 aliphatic heterocycles. The van der Waals surface area contributed by atoms with Gasteiger partial charge in [0.1, 0.15) is 0 Å². The predicted molar refractivity (Wildman–Crippen MR) is 64.3 cm³/mol. The molecule has 0 saturated heterocycles. The highest BCUT2D eigenvalue weighted by Crippen LogP contribution is 2.14. The molecule has 0 radical (unpaired) electrons. The van der Waals surface area contributed by atoms with Crippen molar-refractivity contribution >= 4 is 27.9 Å². The van der Waals surface area contributed by atoms with Gasteiger partial charge >= 0.3 is 11.9 Å². The van der Waals surface area contributed by atoms with Crippen molar-refractivity contribution in [2.45, 2.75) is 19.3 Å². The number of halogens is 1. The minimum absolute atomic E-state index is 0.235. The summed E-state index contributed by atoms with van der Waals surface area (Å²) in [5.41, 5.74) is 0. The Morgan fingerprint density at radius 2 is 1.94 bits per heavy atom. The molecule has 0 heterocycles. The third kappa shape index (κ3) is 6.61. The van der Waals surface area contributed by atoms with Crippen LogP contribution in [0.1, 0.15) is 19.3 Å². The molecule has 0 spiro atoms. The molecule has 92 valence electrons. The van der Waals surface area contributed by atoms with E-state index in [-0.39, 0.29) is 24.3 Å². The van der Waals surface area contributed by atoms with E-state index in [4.69, 9.17) is 0 Å². The smallest absolute Gasteiger partial charge is 0.308 e. The summed E-state index contributed by atoms with van der Waals surface area (Å²) in [5.74, 6) is -0.874. The van der Waals surface area contributed by atoms with Gasteiger partial charge in [0.05, 0.1) is 20.1 Å². The maximum atomic E-state index is 11.4. The van der Waals surface area contributed by atoms with Gasteiger partial charge in [0, 0.05) is 11.8 Å². The van der Waals surface area contributed by atoms with Crippen LogP contribution in [0.2, 0.25) is 0 Å². The number of hydrogen-bond donors (Lipinski definition) is 0. The molecule has 0 rings (SSSR count). The first-order valence-electron chi connectivity index (χ1n) is 5.01. The molecule has 1 atom stereocenters. The van der Waals surface area contributed by atoms with Crippen LogP contribution < -0.4 is 0 Å². The zero-order valence-corrected chi connectivity index (χ0v) is 11.2. The zero-order chi connectivity index (χ0) is 12.4. The van der Waals surface area contributed by atoms with Gasteiger partial charge in [-0.3, -0.25) is 9.59 Å². The lowest BCUT2D eigenvalue weighted by atomic mass is 9.99. The fraction of sp³-hybridized carbons (Fsp3) is 0.636. The van der Waals surface area contributed by atoms with Crippen molar-refractivity contribution in [2.75, 3.05) is 19.5 Å². The van der Waals surface area contributed by atoms with Gasteiger partial charge in [-0.1, -0.05) is 28.1 Å². The monoisotopic (exact) mass is 292 g/mol. The lowest BCUT2D eigenvalue weighted by Crippen LogP contribution is -2.17. The number of rotatable bonds is 7. The summed E-state index contributed by atoms with van der Waals surface area (Å²) < 4.78 is 9.20. The number of allylic oxidation sites excluding steroid dienone is 2. The Morgan fingerprint density at radius 1 is 1.25 bits per heavy atom. The van der Waals surface area contributed by atoms with Crippen LogP contribution in [-0.4, -0.2) is 31.5 Å². The van der Waals surface area contributed by atoms with Gasteiger partial charge in [0.25, 0.3) is 0 Å². The topological polar surface area (TPSA) is 52.6 Å². The second-order valence-corrected chi connectivity index (χ2v) is 3.84. The Bertz CT molecular complexity index is 250. The van der Waals surface area contributed by atoms with E-state index in [1.54, 1.807) is 0 Å². The van der Waals surface area contributed by atoms with Gasteiger partial charge in [-0.25, -0.2) is 0 Å². The number of carbonyl (C=O) groups is 2. The number of alkyl halides is 1. The second kappa shape index (κ2) is 9.39. The number of carbonyl (C=O) groups excluding carboxylic acids is 2. The molecular weight excluding hydrogens is 276 g/mol. The van der Waals surface area contributed by atoms with E-state index in [1.807, 2.05) is 12.2 Å². The summed E-state index contributed by atoms with van der Waals surface area (Å²) in [5, 5.41) is 0.748. The molecule has 0 aromatic heterocycles. The van der Waals surface area contributed by atoms with E-state index in [0.29, 0.717) is 12.8 Å². The number of esters is 2. The van der Waals surface area contributed by atoms with Crippen LogP contribution in [0.5, 0.6) is 0 Å². The third-order valence-corrected chi connectivity index (χ3v) is 2.51. The average Bonchev–Trinajstić information content (AvgIpc) is 2.32. The molecule has 0 N–H and O–H groups in total. The molecule has 0 aliphatic carbocycles. The van der Waals surface area contributed by atoms with Crippen LogP contribution >= 0.6 is 15.9 Å². The summed E-state index contributed by atoms with van der Waals surface area (Å²) in [6.45, 7) is 0. The SMILES string of the molecule is COC(=O)CCC(CC=CCBr)C(=O)OC. The maximum Gasteiger partial charge on any atom is 0.308 e. The Kier molecular flexibility index (Phi) is 8.90. The summed E-state index contributed by atoms with van der Waals surface area (Å²) >= 11 is 3.25. The predicted octanol–water partition coefficient (Wildman–Crippen LogP) is 2.07. The van der Waals surface area contributed by atoms with Gasteiger partial charge in [0.2, 0.25) is 0 Å². The van der Waals surface area contributed by atoms with Crippen molar-refractivity contribution in [3.63, 3.8) is 0 Å². The van der Waals surface area contributed by atoms with Crippen molar-refractivity contribution < 1.29 is 19.1 Å². The minimum Gasteiger partial charge on any atom is -0.469 e. The van der Waals surface area contributed by atoms with E-state index < -0.39 is 0 Å². The maximum absolute atomic E-state index is 11.4. The first kappa shape index (κ1) is 15.2. The Hall–Kier alpha value is -0.840. The zero-order valence-electron chi connectivity index (χ0n) is 9.57. The molecule has 1 unspecified atom stereocenters. The Labute approximate surface area is 104 Å². The standard InChI is InChI=1S/C11H17BrO4/c1-15-10(13)7-6-9(11(14)16-2)5-3-4-8-12/h3-4,9H,5-8H2,1-2H3. The molecule has 0 bridgehead atoms. The lowest BCUT2D eigenvalue weighted by Gasteiger charge is -2.11. The van der Waals surface area contributed by atoms with Crippen molar-refractivity contribution in [3.8, 4) is 0 Å². The summed E-state index contributed by atoms with van der Waals surface area (Å²) in [6, 6.07) is 0.